The van der Waals surface area contributed by atoms with Crippen LogP contribution < -0.4 is 0 Å². The van der Waals surface area contributed by atoms with Crippen LogP contribution in [-0.4, -0.2) is 15.0 Å². The molecular formula is C51H33N3O. The van der Waals surface area contributed by atoms with Gasteiger partial charge in [-0.1, -0.05) is 140 Å². The van der Waals surface area contributed by atoms with E-state index in [1.54, 1.807) is 6.20 Å². The van der Waals surface area contributed by atoms with Gasteiger partial charge in [0.15, 0.2) is 5.82 Å². The monoisotopic (exact) mass is 703 g/mol. The summed E-state index contributed by atoms with van der Waals surface area (Å²) in [7, 11) is 0. The van der Waals surface area contributed by atoms with Crippen LogP contribution in [0.1, 0.15) is 0 Å². The van der Waals surface area contributed by atoms with Crippen molar-refractivity contribution in [2.24, 2.45) is 0 Å². The minimum Gasteiger partial charge on any atom is -0.456 e. The second kappa shape index (κ2) is 13.8. The Bertz CT molecular complexity index is 2940. The first kappa shape index (κ1) is 32.2. The van der Waals surface area contributed by atoms with Crippen molar-refractivity contribution in [1.82, 2.24) is 15.0 Å². The zero-order valence-electron chi connectivity index (χ0n) is 29.8. The molecular weight excluding hydrogens is 671 g/mol. The third kappa shape index (κ3) is 6.36. The molecule has 0 aliphatic carbocycles. The molecule has 0 atom stereocenters. The normalized spacial score (nSPS) is 11.3. The van der Waals surface area contributed by atoms with Gasteiger partial charge >= 0.3 is 0 Å². The van der Waals surface area contributed by atoms with E-state index in [9.17, 15) is 0 Å². The molecule has 3 heterocycles. The van der Waals surface area contributed by atoms with E-state index < -0.39 is 0 Å². The van der Waals surface area contributed by atoms with E-state index in [2.05, 4.69) is 151 Å². The molecule has 4 nitrogen and oxygen atoms in total. The highest BCUT2D eigenvalue weighted by atomic mass is 16.3. The molecule has 0 aliphatic heterocycles. The van der Waals surface area contributed by atoms with Crippen LogP contribution >= 0.6 is 0 Å². The van der Waals surface area contributed by atoms with Crippen LogP contribution in [0.4, 0.5) is 0 Å². The molecule has 10 aromatic rings. The summed E-state index contributed by atoms with van der Waals surface area (Å²) >= 11 is 0. The Morgan fingerprint density at radius 3 is 1.53 bits per heavy atom. The molecule has 0 amide bonds. The van der Waals surface area contributed by atoms with Gasteiger partial charge in [-0.2, -0.15) is 0 Å². The topological polar surface area (TPSA) is 51.8 Å². The number of para-hydroxylation sites is 1. The first-order chi connectivity index (χ1) is 27.2. The van der Waals surface area contributed by atoms with E-state index in [-0.39, 0.29) is 0 Å². The quantitative estimate of drug-likeness (QED) is 0.166. The van der Waals surface area contributed by atoms with E-state index in [0.29, 0.717) is 5.82 Å². The van der Waals surface area contributed by atoms with Crippen molar-refractivity contribution in [2.75, 3.05) is 0 Å². The fraction of sp³-hybridized carbons (Fsp3) is 0. The SMILES string of the molecule is c1ccc(-c2ccc(-c3cc(-c4ccc5oc6ccccc6c5c4)cc(-c4cc(-c5ccc(-c6cccnc6)cc5)nc(-c5ccccc5)n4)c3)cc2)cc1. The van der Waals surface area contributed by atoms with Crippen LogP contribution in [0, 0.1) is 0 Å². The standard InChI is InChI=1S/C51H33N3O/c1-3-10-34(11-4-1)35-17-19-37(20-18-35)42-28-43(40-25-26-50-46(31-40)45-15-7-8-16-49(45)55-50)30-44(29-42)48-32-47(53-51(54-48)39-12-5-2-6-13-39)38-23-21-36(22-24-38)41-14-9-27-52-33-41/h1-33H. The average molecular weight is 704 g/mol. The maximum Gasteiger partial charge on any atom is 0.160 e. The summed E-state index contributed by atoms with van der Waals surface area (Å²) < 4.78 is 6.20. The summed E-state index contributed by atoms with van der Waals surface area (Å²) in [5, 5.41) is 2.20. The number of nitrogens with zero attached hydrogens (tertiary/aromatic N) is 3. The molecule has 0 saturated heterocycles. The second-order valence-corrected chi connectivity index (χ2v) is 13.7. The molecule has 0 unspecified atom stereocenters. The number of hydrogen-bond acceptors (Lipinski definition) is 4. The van der Waals surface area contributed by atoms with Gasteiger partial charge in [0.25, 0.3) is 0 Å². The van der Waals surface area contributed by atoms with Crippen LogP contribution in [0.25, 0.3) is 100 Å². The first-order valence-corrected chi connectivity index (χ1v) is 18.4. The molecule has 258 valence electrons. The number of aromatic nitrogens is 3. The molecule has 7 aromatic carbocycles. The van der Waals surface area contributed by atoms with Crippen molar-refractivity contribution < 1.29 is 4.42 Å². The third-order valence-electron chi connectivity index (χ3n) is 10.2. The number of hydrogen-bond donors (Lipinski definition) is 0. The van der Waals surface area contributed by atoms with Crippen molar-refractivity contribution in [3.8, 4) is 78.4 Å². The van der Waals surface area contributed by atoms with Crippen molar-refractivity contribution in [3.63, 3.8) is 0 Å². The van der Waals surface area contributed by atoms with Crippen molar-refractivity contribution >= 4 is 21.9 Å². The molecule has 0 N–H and O–H groups in total. The van der Waals surface area contributed by atoms with E-state index in [1.165, 1.54) is 11.1 Å². The Kier molecular flexibility index (Phi) is 8.12. The lowest BCUT2D eigenvalue weighted by Gasteiger charge is -2.14. The molecule has 55 heavy (non-hydrogen) atoms. The van der Waals surface area contributed by atoms with Gasteiger partial charge in [-0.25, -0.2) is 9.97 Å². The molecule has 0 fully saturated rings. The zero-order valence-corrected chi connectivity index (χ0v) is 29.8. The third-order valence-corrected chi connectivity index (χ3v) is 10.2. The largest absolute Gasteiger partial charge is 0.456 e. The Morgan fingerprint density at radius 2 is 0.818 bits per heavy atom. The maximum atomic E-state index is 6.20. The highest BCUT2D eigenvalue weighted by molar-refractivity contribution is 6.06. The van der Waals surface area contributed by atoms with Gasteiger partial charge in [-0.05, 0) is 93.0 Å². The van der Waals surface area contributed by atoms with Crippen molar-refractivity contribution in [3.05, 3.63) is 200 Å². The van der Waals surface area contributed by atoms with Gasteiger partial charge in [0.2, 0.25) is 0 Å². The van der Waals surface area contributed by atoms with Gasteiger partial charge in [0, 0.05) is 39.9 Å². The van der Waals surface area contributed by atoms with E-state index in [0.717, 1.165) is 83.4 Å². The second-order valence-electron chi connectivity index (χ2n) is 13.7. The van der Waals surface area contributed by atoms with Crippen LogP contribution in [-0.2, 0) is 0 Å². The summed E-state index contributed by atoms with van der Waals surface area (Å²) in [5.41, 5.74) is 15.4. The summed E-state index contributed by atoms with van der Waals surface area (Å²) in [6, 6.07) is 65.7. The predicted octanol–water partition coefficient (Wildman–Crippen LogP) is 13.4. The summed E-state index contributed by atoms with van der Waals surface area (Å²) in [5.74, 6) is 0.676. The maximum absolute atomic E-state index is 6.20. The van der Waals surface area contributed by atoms with Gasteiger partial charge < -0.3 is 4.42 Å². The highest BCUT2D eigenvalue weighted by Gasteiger charge is 2.15. The lowest BCUT2D eigenvalue weighted by atomic mass is 9.93. The van der Waals surface area contributed by atoms with Gasteiger partial charge in [-0.15, -0.1) is 0 Å². The van der Waals surface area contributed by atoms with Crippen LogP contribution in [0.2, 0.25) is 0 Å². The summed E-state index contributed by atoms with van der Waals surface area (Å²) in [6.45, 7) is 0. The van der Waals surface area contributed by atoms with Crippen LogP contribution in [0.15, 0.2) is 205 Å². The molecule has 10 rings (SSSR count). The average Bonchev–Trinajstić information content (AvgIpc) is 3.65. The summed E-state index contributed by atoms with van der Waals surface area (Å²) in [4.78, 5) is 14.7. The number of furan rings is 1. The Hall–Kier alpha value is -7.43. The molecule has 3 aromatic heterocycles. The number of benzene rings is 7. The lowest BCUT2D eigenvalue weighted by molar-refractivity contribution is 0.669. The minimum atomic E-state index is 0.676. The Labute approximate surface area is 319 Å². The van der Waals surface area contributed by atoms with E-state index >= 15 is 0 Å². The van der Waals surface area contributed by atoms with Gasteiger partial charge in [-0.3, -0.25) is 4.98 Å². The fourth-order valence-corrected chi connectivity index (χ4v) is 7.33. The zero-order chi connectivity index (χ0) is 36.6. The predicted molar refractivity (Wildman–Crippen MR) is 225 cm³/mol. The number of pyridine rings is 1. The lowest BCUT2D eigenvalue weighted by Crippen LogP contribution is -1.96. The molecule has 0 aliphatic rings. The highest BCUT2D eigenvalue weighted by Crippen LogP contribution is 2.38. The smallest absolute Gasteiger partial charge is 0.160 e. The summed E-state index contributed by atoms with van der Waals surface area (Å²) in [6.07, 6.45) is 3.68. The van der Waals surface area contributed by atoms with Crippen molar-refractivity contribution in [2.45, 2.75) is 0 Å². The van der Waals surface area contributed by atoms with Crippen LogP contribution in [0.5, 0.6) is 0 Å². The van der Waals surface area contributed by atoms with Crippen molar-refractivity contribution in [1.29, 1.82) is 0 Å². The Balaban J connectivity index is 1.14. The molecule has 0 radical (unpaired) electrons. The van der Waals surface area contributed by atoms with E-state index in [1.807, 2.05) is 48.7 Å². The Morgan fingerprint density at radius 1 is 0.309 bits per heavy atom. The first-order valence-electron chi connectivity index (χ1n) is 18.4. The van der Waals surface area contributed by atoms with Gasteiger partial charge in [0.05, 0.1) is 11.4 Å². The molecule has 4 heteroatoms. The van der Waals surface area contributed by atoms with E-state index in [4.69, 9.17) is 14.4 Å². The molecule has 0 bridgehead atoms. The van der Waals surface area contributed by atoms with Crippen LogP contribution in [0.3, 0.4) is 0 Å². The molecule has 0 saturated carbocycles. The number of rotatable bonds is 7. The number of fused-ring (bicyclic) bond motifs is 3. The minimum absolute atomic E-state index is 0.676. The van der Waals surface area contributed by atoms with Gasteiger partial charge in [0.1, 0.15) is 11.2 Å². The molecule has 0 spiro atoms. The fourth-order valence-electron chi connectivity index (χ4n) is 7.33.